The molecule has 0 saturated carbocycles. The molecule has 0 amide bonds. The van der Waals surface area contributed by atoms with Crippen molar-refractivity contribution in [1.82, 2.24) is 25.1 Å². The van der Waals surface area contributed by atoms with Crippen LogP contribution in [0.15, 0.2) is 40.2 Å². The Morgan fingerprint density at radius 2 is 2.11 bits per heavy atom. The third kappa shape index (κ3) is 5.31. The van der Waals surface area contributed by atoms with Crippen LogP contribution in [0.4, 0.5) is 8.78 Å². The molecule has 3 heterocycles. The molecule has 0 aromatic carbocycles. The molecular weight excluding hydrogens is 366 g/mol. The Labute approximate surface area is 163 Å². The van der Waals surface area contributed by atoms with Crippen LogP contribution in [0.3, 0.4) is 0 Å². The SMILES string of the molecule is CCNC(=NCc1nccn1C(F)F)NCC(c1ccco1)N1CCCCC1. The summed E-state index contributed by atoms with van der Waals surface area (Å²) >= 11 is 0. The molecule has 1 aliphatic heterocycles. The van der Waals surface area contributed by atoms with Crippen molar-refractivity contribution in [2.24, 2.45) is 4.99 Å². The van der Waals surface area contributed by atoms with E-state index in [0.29, 0.717) is 19.0 Å². The van der Waals surface area contributed by atoms with Crippen LogP contribution in [0.25, 0.3) is 0 Å². The summed E-state index contributed by atoms with van der Waals surface area (Å²) in [5, 5.41) is 6.49. The molecule has 3 rings (SSSR count). The zero-order valence-electron chi connectivity index (χ0n) is 16.2. The van der Waals surface area contributed by atoms with Gasteiger partial charge in [0, 0.05) is 25.5 Å². The first-order chi connectivity index (χ1) is 13.7. The van der Waals surface area contributed by atoms with E-state index in [1.807, 2.05) is 19.1 Å². The number of alkyl halides is 2. The minimum Gasteiger partial charge on any atom is -0.468 e. The second-order valence-corrected chi connectivity index (χ2v) is 6.73. The Balaban J connectivity index is 1.67. The van der Waals surface area contributed by atoms with E-state index in [9.17, 15) is 8.78 Å². The molecule has 1 saturated heterocycles. The maximum Gasteiger partial charge on any atom is 0.319 e. The topological polar surface area (TPSA) is 70.6 Å². The zero-order chi connectivity index (χ0) is 19.8. The smallest absolute Gasteiger partial charge is 0.319 e. The van der Waals surface area contributed by atoms with Gasteiger partial charge in [-0.05, 0) is 45.0 Å². The van der Waals surface area contributed by atoms with Crippen LogP contribution < -0.4 is 10.6 Å². The third-order valence-electron chi connectivity index (χ3n) is 4.85. The predicted molar refractivity (Wildman–Crippen MR) is 103 cm³/mol. The van der Waals surface area contributed by atoms with E-state index in [2.05, 4.69) is 25.5 Å². The van der Waals surface area contributed by atoms with Crippen molar-refractivity contribution in [3.05, 3.63) is 42.4 Å². The summed E-state index contributed by atoms with van der Waals surface area (Å²) in [7, 11) is 0. The number of hydrogen-bond acceptors (Lipinski definition) is 4. The van der Waals surface area contributed by atoms with Gasteiger partial charge >= 0.3 is 6.55 Å². The normalized spacial score (nSPS) is 17.1. The number of guanidine groups is 1. The van der Waals surface area contributed by atoms with Gasteiger partial charge < -0.3 is 15.1 Å². The second-order valence-electron chi connectivity index (χ2n) is 6.73. The summed E-state index contributed by atoms with van der Waals surface area (Å²) in [6, 6.07) is 3.99. The number of aliphatic imine (C=N–C) groups is 1. The van der Waals surface area contributed by atoms with Crippen LogP contribution in [0.2, 0.25) is 0 Å². The van der Waals surface area contributed by atoms with Crippen molar-refractivity contribution in [2.45, 2.75) is 45.3 Å². The van der Waals surface area contributed by atoms with Gasteiger partial charge in [0.1, 0.15) is 18.1 Å². The van der Waals surface area contributed by atoms with Gasteiger partial charge in [0.15, 0.2) is 5.96 Å². The lowest BCUT2D eigenvalue weighted by molar-refractivity contribution is 0.0671. The number of likely N-dealkylation sites (tertiary alicyclic amines) is 1. The van der Waals surface area contributed by atoms with E-state index < -0.39 is 6.55 Å². The highest BCUT2D eigenvalue weighted by molar-refractivity contribution is 5.79. The summed E-state index contributed by atoms with van der Waals surface area (Å²) in [5.41, 5.74) is 0. The number of hydrogen-bond donors (Lipinski definition) is 2. The van der Waals surface area contributed by atoms with E-state index in [1.165, 1.54) is 31.7 Å². The van der Waals surface area contributed by atoms with Crippen molar-refractivity contribution in [1.29, 1.82) is 0 Å². The first kappa shape index (κ1) is 20.3. The summed E-state index contributed by atoms with van der Waals surface area (Å²) < 4.78 is 32.4. The molecule has 1 unspecified atom stereocenters. The summed E-state index contributed by atoms with van der Waals surface area (Å²) in [4.78, 5) is 10.8. The minimum absolute atomic E-state index is 0.0712. The number of piperidine rings is 1. The Morgan fingerprint density at radius 1 is 1.29 bits per heavy atom. The summed E-state index contributed by atoms with van der Waals surface area (Å²) in [6.45, 7) is 2.77. The predicted octanol–water partition coefficient (Wildman–Crippen LogP) is 3.15. The molecule has 0 bridgehead atoms. The van der Waals surface area contributed by atoms with Crippen LogP contribution in [-0.2, 0) is 6.54 Å². The molecule has 0 radical (unpaired) electrons. The van der Waals surface area contributed by atoms with Crippen LogP contribution in [-0.4, -0.2) is 46.6 Å². The molecular formula is C19H28F2N6O. The van der Waals surface area contributed by atoms with Crippen molar-refractivity contribution >= 4 is 5.96 Å². The number of furan rings is 1. The first-order valence-electron chi connectivity index (χ1n) is 9.78. The maximum atomic E-state index is 13.0. The van der Waals surface area contributed by atoms with E-state index in [1.54, 1.807) is 6.26 Å². The molecule has 2 aromatic rings. The molecule has 154 valence electrons. The average molecular weight is 394 g/mol. The molecule has 2 N–H and O–H groups in total. The molecule has 2 aromatic heterocycles. The van der Waals surface area contributed by atoms with Crippen LogP contribution in [0.1, 0.15) is 50.4 Å². The molecule has 9 heteroatoms. The summed E-state index contributed by atoms with van der Waals surface area (Å²) in [5.74, 6) is 1.71. The first-order valence-corrected chi connectivity index (χ1v) is 9.78. The van der Waals surface area contributed by atoms with E-state index in [0.717, 1.165) is 23.4 Å². The number of nitrogens with one attached hydrogen (secondary N) is 2. The second kappa shape index (κ2) is 10.2. The van der Waals surface area contributed by atoms with E-state index in [4.69, 9.17) is 4.42 Å². The van der Waals surface area contributed by atoms with Crippen molar-refractivity contribution in [3.8, 4) is 0 Å². The third-order valence-corrected chi connectivity index (χ3v) is 4.85. The van der Waals surface area contributed by atoms with Gasteiger partial charge in [-0.25, -0.2) is 9.98 Å². The molecule has 7 nitrogen and oxygen atoms in total. The largest absolute Gasteiger partial charge is 0.468 e. The minimum atomic E-state index is -2.62. The Hall–Kier alpha value is -2.42. The highest BCUT2D eigenvalue weighted by Crippen LogP contribution is 2.24. The summed E-state index contributed by atoms with van der Waals surface area (Å²) in [6.07, 6.45) is 7.94. The van der Waals surface area contributed by atoms with Gasteiger partial charge in [0.25, 0.3) is 0 Å². The lowest BCUT2D eigenvalue weighted by atomic mass is 10.1. The molecule has 1 fully saturated rings. The number of halogens is 2. The Kier molecular flexibility index (Phi) is 7.41. The fourth-order valence-corrected chi connectivity index (χ4v) is 3.45. The zero-order valence-corrected chi connectivity index (χ0v) is 16.2. The lowest BCUT2D eigenvalue weighted by Crippen LogP contribution is -2.44. The molecule has 1 aliphatic rings. The maximum absolute atomic E-state index is 13.0. The number of nitrogens with zero attached hydrogens (tertiary/aromatic N) is 4. The van der Waals surface area contributed by atoms with Gasteiger partial charge in [-0.2, -0.15) is 8.78 Å². The number of aromatic nitrogens is 2. The number of rotatable bonds is 8. The van der Waals surface area contributed by atoms with Crippen molar-refractivity contribution < 1.29 is 13.2 Å². The van der Waals surface area contributed by atoms with Gasteiger partial charge in [-0.3, -0.25) is 9.47 Å². The van der Waals surface area contributed by atoms with Crippen molar-refractivity contribution in [2.75, 3.05) is 26.2 Å². The van der Waals surface area contributed by atoms with Crippen LogP contribution in [0.5, 0.6) is 0 Å². The highest BCUT2D eigenvalue weighted by Gasteiger charge is 2.24. The molecule has 1 atom stereocenters. The monoisotopic (exact) mass is 394 g/mol. The fraction of sp³-hybridized carbons (Fsp3) is 0.579. The van der Waals surface area contributed by atoms with E-state index >= 15 is 0 Å². The molecule has 0 aliphatic carbocycles. The molecule has 0 spiro atoms. The van der Waals surface area contributed by atoms with Gasteiger partial charge in [0.2, 0.25) is 0 Å². The highest BCUT2D eigenvalue weighted by atomic mass is 19.3. The lowest BCUT2D eigenvalue weighted by Gasteiger charge is -2.33. The fourth-order valence-electron chi connectivity index (χ4n) is 3.45. The Morgan fingerprint density at radius 3 is 2.79 bits per heavy atom. The van der Waals surface area contributed by atoms with E-state index in [-0.39, 0.29) is 18.4 Å². The van der Waals surface area contributed by atoms with Gasteiger partial charge in [-0.1, -0.05) is 6.42 Å². The standard InChI is InChI=1S/C19H28F2N6O/c1-2-22-19(25-14-17-23-8-11-27(17)18(20)21)24-13-15(16-7-6-12-28-16)26-9-4-3-5-10-26/h6-8,11-12,15,18H,2-5,9-10,13-14H2,1H3,(H2,22,24,25). The Bertz CT molecular complexity index is 725. The van der Waals surface area contributed by atoms with Crippen LogP contribution in [0, 0.1) is 0 Å². The van der Waals surface area contributed by atoms with Gasteiger partial charge in [0.05, 0.1) is 12.3 Å². The number of imidazole rings is 1. The van der Waals surface area contributed by atoms with Gasteiger partial charge in [-0.15, -0.1) is 0 Å². The van der Waals surface area contributed by atoms with Crippen molar-refractivity contribution in [3.63, 3.8) is 0 Å². The average Bonchev–Trinajstić information content (AvgIpc) is 3.39. The quantitative estimate of drug-likeness (QED) is 0.532. The van der Waals surface area contributed by atoms with Crippen LogP contribution >= 0.6 is 0 Å². The molecule has 28 heavy (non-hydrogen) atoms.